The lowest BCUT2D eigenvalue weighted by Gasteiger charge is -2.01. The van der Waals surface area contributed by atoms with E-state index in [2.05, 4.69) is 22.1 Å². The Labute approximate surface area is 78.7 Å². The minimum atomic E-state index is 0.924. The average Bonchev–Trinajstić information content (AvgIpc) is 2.52. The maximum atomic E-state index is 3.99. The molecule has 0 unspecified atom stereocenters. The summed E-state index contributed by atoms with van der Waals surface area (Å²) >= 11 is 0. The molecule has 13 heavy (non-hydrogen) atoms. The predicted molar refractivity (Wildman–Crippen MR) is 52.4 cm³/mol. The Hall–Kier alpha value is -1.16. The van der Waals surface area contributed by atoms with Gasteiger partial charge in [0.1, 0.15) is 12.2 Å². The Morgan fingerprint density at radius 3 is 3.08 bits per heavy atom. The van der Waals surface area contributed by atoms with E-state index in [4.69, 9.17) is 0 Å². The Balaban J connectivity index is 2.13. The van der Waals surface area contributed by atoms with Crippen LogP contribution in [0.25, 0.3) is 0 Å². The molecule has 0 aliphatic carbocycles. The van der Waals surface area contributed by atoms with Crippen molar-refractivity contribution in [1.82, 2.24) is 20.1 Å². The third-order valence-corrected chi connectivity index (χ3v) is 1.86. The standard InChI is InChI=1S/C9H16N4/c1-3-4-6-10-7-5-9-12-11-8-13(9)2/h3,8,10H,1,4-7H2,2H3. The lowest BCUT2D eigenvalue weighted by molar-refractivity contribution is 0.657. The van der Waals surface area contributed by atoms with Gasteiger partial charge >= 0.3 is 0 Å². The van der Waals surface area contributed by atoms with Crippen LogP contribution in [0.4, 0.5) is 0 Å². The van der Waals surface area contributed by atoms with E-state index >= 15 is 0 Å². The van der Waals surface area contributed by atoms with Crippen molar-refractivity contribution in [2.75, 3.05) is 13.1 Å². The summed E-state index contributed by atoms with van der Waals surface area (Å²) in [5, 5.41) is 11.1. The molecule has 4 nitrogen and oxygen atoms in total. The Morgan fingerprint density at radius 2 is 2.46 bits per heavy atom. The van der Waals surface area contributed by atoms with E-state index in [0.717, 1.165) is 31.8 Å². The number of hydrogen-bond donors (Lipinski definition) is 1. The van der Waals surface area contributed by atoms with Gasteiger partial charge in [-0.1, -0.05) is 6.08 Å². The quantitative estimate of drug-likeness (QED) is 0.513. The largest absolute Gasteiger partial charge is 0.321 e. The molecule has 0 radical (unpaired) electrons. The molecule has 1 aromatic rings. The average molecular weight is 180 g/mol. The maximum Gasteiger partial charge on any atom is 0.133 e. The van der Waals surface area contributed by atoms with Crippen LogP contribution in [0.3, 0.4) is 0 Å². The third kappa shape index (κ3) is 3.38. The summed E-state index contributed by atoms with van der Waals surface area (Å²) in [6, 6.07) is 0. The Kier molecular flexibility index (Phi) is 4.18. The SMILES string of the molecule is C=CCCNCCc1nncn1C. The first-order valence-electron chi connectivity index (χ1n) is 4.49. The van der Waals surface area contributed by atoms with Crippen LogP contribution in [0.5, 0.6) is 0 Å². The summed E-state index contributed by atoms with van der Waals surface area (Å²) in [4.78, 5) is 0. The van der Waals surface area contributed by atoms with Crippen LogP contribution in [-0.4, -0.2) is 27.9 Å². The van der Waals surface area contributed by atoms with Gasteiger partial charge in [-0.3, -0.25) is 0 Å². The zero-order valence-electron chi connectivity index (χ0n) is 8.03. The second-order valence-electron chi connectivity index (χ2n) is 2.94. The van der Waals surface area contributed by atoms with Crippen LogP contribution in [0, 0.1) is 0 Å². The van der Waals surface area contributed by atoms with Crippen LogP contribution in [0.15, 0.2) is 19.0 Å². The lowest BCUT2D eigenvalue weighted by Crippen LogP contribution is -2.19. The summed E-state index contributed by atoms with van der Waals surface area (Å²) < 4.78 is 1.94. The fraction of sp³-hybridized carbons (Fsp3) is 0.556. The first kappa shape index (κ1) is 9.92. The molecule has 0 amide bonds. The fourth-order valence-electron chi connectivity index (χ4n) is 1.06. The molecule has 0 saturated heterocycles. The van der Waals surface area contributed by atoms with Crippen LogP contribution in [0.2, 0.25) is 0 Å². The van der Waals surface area contributed by atoms with Gasteiger partial charge in [0, 0.05) is 20.0 Å². The number of hydrogen-bond acceptors (Lipinski definition) is 3. The molecule has 0 aliphatic heterocycles. The van der Waals surface area contributed by atoms with Crippen LogP contribution >= 0.6 is 0 Å². The van der Waals surface area contributed by atoms with Gasteiger partial charge in [-0.25, -0.2) is 0 Å². The molecule has 4 heteroatoms. The predicted octanol–water partition coefficient (Wildman–Crippen LogP) is 0.523. The van der Waals surface area contributed by atoms with E-state index in [0.29, 0.717) is 0 Å². The van der Waals surface area contributed by atoms with Crippen molar-refractivity contribution >= 4 is 0 Å². The van der Waals surface area contributed by atoms with E-state index in [1.54, 1.807) is 6.33 Å². The smallest absolute Gasteiger partial charge is 0.133 e. The summed E-state index contributed by atoms with van der Waals surface area (Å²) in [6.45, 7) is 5.59. The topological polar surface area (TPSA) is 42.7 Å². The highest BCUT2D eigenvalue weighted by atomic mass is 15.2. The number of nitrogens with zero attached hydrogens (tertiary/aromatic N) is 3. The molecule has 0 aliphatic rings. The fourth-order valence-corrected chi connectivity index (χ4v) is 1.06. The first-order valence-corrected chi connectivity index (χ1v) is 4.49. The van der Waals surface area contributed by atoms with Crippen LogP contribution in [0.1, 0.15) is 12.2 Å². The third-order valence-electron chi connectivity index (χ3n) is 1.86. The van der Waals surface area contributed by atoms with Crippen molar-refractivity contribution in [1.29, 1.82) is 0 Å². The van der Waals surface area contributed by atoms with E-state index in [1.165, 1.54) is 0 Å². The number of aromatic nitrogens is 3. The Morgan fingerprint density at radius 1 is 1.62 bits per heavy atom. The van der Waals surface area contributed by atoms with Gasteiger partial charge in [-0.15, -0.1) is 16.8 Å². The zero-order valence-corrected chi connectivity index (χ0v) is 8.03. The van der Waals surface area contributed by atoms with Crippen molar-refractivity contribution in [3.63, 3.8) is 0 Å². The van der Waals surface area contributed by atoms with Crippen molar-refractivity contribution < 1.29 is 0 Å². The minimum Gasteiger partial charge on any atom is -0.321 e. The second-order valence-corrected chi connectivity index (χ2v) is 2.94. The highest BCUT2D eigenvalue weighted by molar-refractivity contribution is 4.84. The molecule has 0 atom stereocenters. The normalized spacial score (nSPS) is 10.2. The van der Waals surface area contributed by atoms with E-state index in [9.17, 15) is 0 Å². The number of rotatable bonds is 6. The molecule has 1 rings (SSSR count). The van der Waals surface area contributed by atoms with Gasteiger partial charge in [0.05, 0.1) is 0 Å². The zero-order chi connectivity index (χ0) is 9.52. The van der Waals surface area contributed by atoms with E-state index < -0.39 is 0 Å². The molecule has 0 saturated carbocycles. The van der Waals surface area contributed by atoms with Crippen molar-refractivity contribution in [3.05, 3.63) is 24.8 Å². The molecule has 0 aromatic carbocycles. The van der Waals surface area contributed by atoms with Gasteiger partial charge in [-0.2, -0.15) is 0 Å². The van der Waals surface area contributed by atoms with Gasteiger partial charge in [0.25, 0.3) is 0 Å². The summed E-state index contributed by atoms with van der Waals surface area (Å²) in [7, 11) is 1.96. The molecule has 0 fully saturated rings. The highest BCUT2D eigenvalue weighted by Crippen LogP contribution is 1.91. The summed E-state index contributed by atoms with van der Waals surface area (Å²) in [5.41, 5.74) is 0. The highest BCUT2D eigenvalue weighted by Gasteiger charge is 1.98. The maximum absolute atomic E-state index is 3.99. The molecule has 0 spiro atoms. The minimum absolute atomic E-state index is 0.924. The summed E-state index contributed by atoms with van der Waals surface area (Å²) in [6.07, 6.45) is 5.57. The number of nitrogens with one attached hydrogen (secondary N) is 1. The van der Waals surface area contributed by atoms with Crippen molar-refractivity contribution in [2.24, 2.45) is 7.05 Å². The second kappa shape index (κ2) is 5.48. The molecule has 1 heterocycles. The molecular weight excluding hydrogens is 164 g/mol. The molecule has 1 aromatic heterocycles. The first-order chi connectivity index (χ1) is 6.34. The van der Waals surface area contributed by atoms with E-state index in [1.807, 2.05) is 17.7 Å². The van der Waals surface area contributed by atoms with Gasteiger partial charge in [-0.05, 0) is 13.0 Å². The summed E-state index contributed by atoms with van der Waals surface area (Å²) in [5.74, 6) is 1.02. The number of aryl methyl sites for hydroxylation is 1. The molecule has 72 valence electrons. The molecule has 0 bridgehead atoms. The van der Waals surface area contributed by atoms with Gasteiger partial charge in [0.2, 0.25) is 0 Å². The van der Waals surface area contributed by atoms with E-state index in [-0.39, 0.29) is 0 Å². The monoisotopic (exact) mass is 180 g/mol. The van der Waals surface area contributed by atoms with Crippen molar-refractivity contribution in [2.45, 2.75) is 12.8 Å². The van der Waals surface area contributed by atoms with Gasteiger partial charge in [0.15, 0.2) is 0 Å². The lowest BCUT2D eigenvalue weighted by atomic mass is 10.3. The van der Waals surface area contributed by atoms with Crippen molar-refractivity contribution in [3.8, 4) is 0 Å². The van der Waals surface area contributed by atoms with Crippen LogP contribution < -0.4 is 5.32 Å². The Bertz CT molecular complexity index is 254. The molecule has 1 N–H and O–H groups in total. The molecular formula is C9H16N4. The van der Waals surface area contributed by atoms with Gasteiger partial charge < -0.3 is 9.88 Å². The van der Waals surface area contributed by atoms with Crippen LogP contribution in [-0.2, 0) is 13.5 Å².